The van der Waals surface area contributed by atoms with Gasteiger partial charge < -0.3 is 20.4 Å². The Hall–Kier alpha value is -2.17. The number of benzene rings is 1. The Morgan fingerprint density at radius 3 is 2.07 bits per heavy atom. The molecule has 0 aliphatic carbocycles. The Morgan fingerprint density at radius 2 is 1.67 bits per heavy atom. The maximum absolute atomic E-state index is 10.5. The first-order valence-corrected chi connectivity index (χ1v) is 4.08. The van der Waals surface area contributed by atoms with Gasteiger partial charge in [0, 0.05) is 17.7 Å². The Labute approximate surface area is 85.5 Å². The van der Waals surface area contributed by atoms with Crippen molar-refractivity contribution in [1.29, 1.82) is 0 Å². The number of phenols is 3. The van der Waals surface area contributed by atoms with Gasteiger partial charge in [-0.2, -0.15) is 0 Å². The van der Waals surface area contributed by atoms with Crippen molar-refractivity contribution in [3.8, 4) is 17.2 Å². The van der Waals surface area contributed by atoms with Crippen molar-refractivity contribution in [1.82, 2.24) is 0 Å². The highest BCUT2D eigenvalue weighted by Gasteiger charge is 2.09. The van der Waals surface area contributed by atoms with Crippen molar-refractivity contribution in [2.45, 2.75) is 6.92 Å². The van der Waals surface area contributed by atoms with Crippen LogP contribution in [0.2, 0.25) is 0 Å². The third-order valence-electron chi connectivity index (χ3n) is 1.82. The van der Waals surface area contributed by atoms with Crippen molar-refractivity contribution in [3.05, 3.63) is 23.3 Å². The van der Waals surface area contributed by atoms with E-state index >= 15 is 0 Å². The molecular formula is C10H10O5. The van der Waals surface area contributed by atoms with Gasteiger partial charge in [-0.1, -0.05) is 0 Å². The second kappa shape index (κ2) is 3.91. The summed E-state index contributed by atoms with van der Waals surface area (Å²) < 4.78 is 0. The van der Waals surface area contributed by atoms with Crippen molar-refractivity contribution in [2.75, 3.05) is 0 Å². The van der Waals surface area contributed by atoms with Gasteiger partial charge in [0.1, 0.15) is 17.2 Å². The summed E-state index contributed by atoms with van der Waals surface area (Å²) in [6, 6.07) is 2.03. The minimum absolute atomic E-state index is 0.0345. The summed E-state index contributed by atoms with van der Waals surface area (Å²) in [6.45, 7) is 1.33. The number of hydrogen-bond donors (Lipinski definition) is 4. The summed E-state index contributed by atoms with van der Waals surface area (Å²) in [5, 5.41) is 36.3. The second-order valence-corrected chi connectivity index (χ2v) is 3.03. The smallest absolute Gasteiger partial charge is 0.331 e. The molecule has 0 spiro atoms. The largest absolute Gasteiger partial charge is 0.508 e. The van der Waals surface area contributed by atoms with Crippen LogP contribution in [0.5, 0.6) is 17.2 Å². The number of phenolic OH excluding ortho intramolecular Hbond substituents is 3. The Morgan fingerprint density at radius 1 is 1.20 bits per heavy atom. The number of rotatable bonds is 2. The molecule has 0 aliphatic heterocycles. The molecule has 1 aromatic rings. The standard InChI is InChI=1S/C10H10O5/c1-5(10(14)15)2-7-8(12)3-6(11)4-9(7)13/h2-4,11-13H,1H3,(H,14,15). The van der Waals surface area contributed by atoms with Crippen LogP contribution in [0.1, 0.15) is 12.5 Å². The lowest BCUT2D eigenvalue weighted by Gasteiger charge is -2.04. The number of carbonyl (C=O) groups is 1. The topological polar surface area (TPSA) is 98.0 Å². The molecule has 0 bridgehead atoms. The van der Waals surface area contributed by atoms with E-state index in [4.69, 9.17) is 10.2 Å². The highest BCUT2D eigenvalue weighted by Crippen LogP contribution is 2.33. The quantitative estimate of drug-likeness (QED) is 0.551. The zero-order chi connectivity index (χ0) is 11.6. The van der Waals surface area contributed by atoms with E-state index in [1.54, 1.807) is 0 Å². The molecule has 4 N–H and O–H groups in total. The molecule has 0 aliphatic rings. The lowest BCUT2D eigenvalue weighted by molar-refractivity contribution is -0.132. The molecule has 1 rings (SSSR count). The third-order valence-corrected chi connectivity index (χ3v) is 1.82. The van der Waals surface area contributed by atoms with Crippen LogP contribution < -0.4 is 0 Å². The van der Waals surface area contributed by atoms with Gasteiger partial charge >= 0.3 is 5.97 Å². The van der Waals surface area contributed by atoms with Crippen LogP contribution in [0.25, 0.3) is 6.08 Å². The highest BCUT2D eigenvalue weighted by molar-refractivity contribution is 5.92. The summed E-state index contributed by atoms with van der Waals surface area (Å²) >= 11 is 0. The first-order valence-electron chi connectivity index (χ1n) is 4.08. The van der Waals surface area contributed by atoms with Gasteiger partial charge in [0.25, 0.3) is 0 Å². The lowest BCUT2D eigenvalue weighted by atomic mass is 10.1. The van der Waals surface area contributed by atoms with Crippen molar-refractivity contribution in [2.24, 2.45) is 0 Å². The van der Waals surface area contributed by atoms with Crippen LogP contribution in [0.15, 0.2) is 17.7 Å². The molecule has 0 saturated carbocycles. The summed E-state index contributed by atoms with van der Waals surface area (Å²) in [6.07, 6.45) is 1.12. The molecule has 0 fully saturated rings. The molecule has 80 valence electrons. The Kier molecular flexibility index (Phi) is 2.85. The van der Waals surface area contributed by atoms with Gasteiger partial charge in [-0.05, 0) is 13.0 Å². The van der Waals surface area contributed by atoms with Crippen LogP contribution in [-0.4, -0.2) is 26.4 Å². The van der Waals surface area contributed by atoms with E-state index in [1.807, 2.05) is 0 Å². The number of carboxylic acids is 1. The zero-order valence-electron chi connectivity index (χ0n) is 7.93. The van der Waals surface area contributed by atoms with E-state index in [9.17, 15) is 15.0 Å². The fraction of sp³-hybridized carbons (Fsp3) is 0.100. The van der Waals surface area contributed by atoms with E-state index in [2.05, 4.69) is 0 Å². The third kappa shape index (κ3) is 2.40. The fourth-order valence-electron chi connectivity index (χ4n) is 1.03. The number of hydrogen-bond acceptors (Lipinski definition) is 4. The van der Waals surface area contributed by atoms with Gasteiger partial charge in [-0.3, -0.25) is 0 Å². The maximum atomic E-state index is 10.5. The first-order chi connectivity index (χ1) is 6.91. The van der Waals surface area contributed by atoms with E-state index in [0.29, 0.717) is 0 Å². The van der Waals surface area contributed by atoms with Crippen LogP contribution in [0.3, 0.4) is 0 Å². The van der Waals surface area contributed by atoms with Gasteiger partial charge in [0.15, 0.2) is 0 Å². The Bertz CT molecular complexity index is 410. The van der Waals surface area contributed by atoms with Crippen molar-refractivity contribution < 1.29 is 25.2 Å². The molecule has 0 unspecified atom stereocenters. The minimum atomic E-state index is -1.15. The molecule has 0 aromatic heterocycles. The van der Waals surface area contributed by atoms with Gasteiger partial charge in [0.2, 0.25) is 0 Å². The van der Waals surface area contributed by atoms with Crippen LogP contribution >= 0.6 is 0 Å². The molecule has 15 heavy (non-hydrogen) atoms. The highest BCUT2D eigenvalue weighted by atomic mass is 16.4. The Balaban J connectivity index is 3.27. The summed E-state index contributed by atoms with van der Waals surface area (Å²) in [5.41, 5.74) is -0.0704. The molecule has 0 saturated heterocycles. The molecule has 1 aromatic carbocycles. The monoisotopic (exact) mass is 210 g/mol. The number of aromatic hydroxyl groups is 3. The normalized spacial score (nSPS) is 11.4. The molecule has 0 amide bonds. The fourth-order valence-corrected chi connectivity index (χ4v) is 1.03. The van der Waals surface area contributed by atoms with E-state index in [1.165, 1.54) is 6.92 Å². The maximum Gasteiger partial charge on any atom is 0.331 e. The first kappa shape index (κ1) is 10.9. The zero-order valence-corrected chi connectivity index (χ0v) is 7.93. The molecule has 5 heteroatoms. The SMILES string of the molecule is CC(=Cc1c(O)cc(O)cc1O)C(=O)O. The van der Waals surface area contributed by atoms with Crippen LogP contribution in [0, 0.1) is 0 Å². The number of aliphatic carboxylic acids is 1. The molecule has 5 nitrogen and oxygen atoms in total. The minimum Gasteiger partial charge on any atom is -0.508 e. The van der Waals surface area contributed by atoms with Gasteiger partial charge in [-0.15, -0.1) is 0 Å². The van der Waals surface area contributed by atoms with Crippen molar-refractivity contribution in [3.63, 3.8) is 0 Å². The van der Waals surface area contributed by atoms with E-state index in [0.717, 1.165) is 18.2 Å². The second-order valence-electron chi connectivity index (χ2n) is 3.03. The van der Waals surface area contributed by atoms with Crippen LogP contribution in [0.4, 0.5) is 0 Å². The molecule has 0 radical (unpaired) electrons. The van der Waals surface area contributed by atoms with E-state index in [-0.39, 0.29) is 28.4 Å². The summed E-state index contributed by atoms with van der Waals surface area (Å²) in [4.78, 5) is 10.5. The number of carboxylic acid groups (broad SMARTS) is 1. The van der Waals surface area contributed by atoms with Crippen molar-refractivity contribution >= 4 is 12.0 Å². The van der Waals surface area contributed by atoms with Gasteiger partial charge in [-0.25, -0.2) is 4.79 Å². The average molecular weight is 210 g/mol. The van der Waals surface area contributed by atoms with Crippen LogP contribution in [-0.2, 0) is 4.79 Å². The van der Waals surface area contributed by atoms with E-state index < -0.39 is 5.97 Å². The summed E-state index contributed by atoms with van der Waals surface area (Å²) in [7, 11) is 0. The predicted molar refractivity (Wildman–Crippen MR) is 52.7 cm³/mol. The molecule has 0 atom stereocenters. The molecule has 0 heterocycles. The summed E-state index contributed by atoms with van der Waals surface area (Å²) in [5.74, 6) is -2.21. The average Bonchev–Trinajstić information content (AvgIpc) is 2.10. The lowest BCUT2D eigenvalue weighted by Crippen LogP contribution is -1.95. The predicted octanol–water partition coefficient (Wildman–Crippen LogP) is 1.29. The molecular weight excluding hydrogens is 200 g/mol. The van der Waals surface area contributed by atoms with Gasteiger partial charge in [0.05, 0.1) is 5.56 Å².